The first-order valence-electron chi connectivity index (χ1n) is 7.74. The summed E-state index contributed by atoms with van der Waals surface area (Å²) in [4.78, 5) is 22.3. The molecule has 3 atom stereocenters. The molecule has 0 amide bonds. The molecule has 0 radical (unpaired) electrons. The number of esters is 1. The van der Waals surface area contributed by atoms with Gasteiger partial charge in [0.15, 0.2) is 0 Å². The van der Waals surface area contributed by atoms with Crippen LogP contribution in [-0.4, -0.2) is 48.1 Å². The van der Waals surface area contributed by atoms with E-state index in [1.807, 2.05) is 0 Å². The Balaban J connectivity index is 4.42. The van der Waals surface area contributed by atoms with E-state index in [0.717, 1.165) is 0 Å². The number of nitrogens with two attached hydrogens (primary N) is 2. The van der Waals surface area contributed by atoms with Crippen molar-refractivity contribution in [3.8, 4) is 0 Å². The third kappa shape index (κ3) is 9.01. The maximum atomic E-state index is 12.9. The van der Waals surface area contributed by atoms with E-state index in [4.69, 9.17) is 21.3 Å². The predicted octanol–water partition coefficient (Wildman–Crippen LogP) is 2.00. The number of carbonyl (C=O) groups excluding carboxylic acids is 1. The summed E-state index contributed by atoms with van der Waals surface area (Å²) in [5, 5.41) is 8.83. The number of carboxylic acid groups (broad SMARTS) is 1. The molecule has 0 fully saturated rings. The summed E-state index contributed by atoms with van der Waals surface area (Å²) in [5.41, 5.74) is 10.2. The molecule has 0 aliphatic heterocycles. The molecular formula is C15H26F4N2O4. The standard InChI is InChI=1S/C15H26F4N2O4/c1-8(4-14(2,3)5-9(20)11(22)23)7-25-12(24)10(21)6-15(18,19)13(16)17/h8-10,13H,4-7,20-21H2,1-3H3,(H,22,23). The number of aliphatic carboxylic acids is 1. The van der Waals surface area contributed by atoms with Gasteiger partial charge in [0.1, 0.15) is 12.1 Å². The Morgan fingerprint density at radius 3 is 2.04 bits per heavy atom. The van der Waals surface area contributed by atoms with Crippen LogP contribution in [0.5, 0.6) is 0 Å². The largest absolute Gasteiger partial charge is 0.480 e. The van der Waals surface area contributed by atoms with E-state index >= 15 is 0 Å². The van der Waals surface area contributed by atoms with E-state index in [-0.39, 0.29) is 18.9 Å². The lowest BCUT2D eigenvalue weighted by Gasteiger charge is -2.29. The van der Waals surface area contributed by atoms with Gasteiger partial charge in [-0.25, -0.2) is 17.6 Å². The Bertz CT molecular complexity index is 461. The van der Waals surface area contributed by atoms with Gasteiger partial charge in [-0.05, 0) is 24.2 Å². The molecule has 6 nitrogen and oxygen atoms in total. The fraction of sp³-hybridized carbons (Fsp3) is 0.867. The quantitative estimate of drug-likeness (QED) is 0.376. The molecule has 0 aliphatic rings. The van der Waals surface area contributed by atoms with E-state index in [1.54, 1.807) is 20.8 Å². The third-order valence-corrected chi connectivity index (χ3v) is 3.61. The van der Waals surface area contributed by atoms with Gasteiger partial charge < -0.3 is 21.3 Å². The number of alkyl halides is 4. The Kier molecular flexibility index (Phi) is 8.80. The summed E-state index contributed by atoms with van der Waals surface area (Å²) in [6.07, 6.45) is -4.77. The van der Waals surface area contributed by atoms with Crippen molar-refractivity contribution in [3.05, 3.63) is 0 Å². The van der Waals surface area contributed by atoms with Crippen LogP contribution in [0, 0.1) is 11.3 Å². The van der Waals surface area contributed by atoms with Crippen molar-refractivity contribution in [2.45, 2.75) is 64.5 Å². The van der Waals surface area contributed by atoms with Gasteiger partial charge in [0.05, 0.1) is 6.61 Å². The van der Waals surface area contributed by atoms with Gasteiger partial charge in [0.2, 0.25) is 0 Å². The maximum absolute atomic E-state index is 12.9. The molecule has 148 valence electrons. The summed E-state index contributed by atoms with van der Waals surface area (Å²) in [5.74, 6) is -6.91. The van der Waals surface area contributed by atoms with Crippen molar-refractivity contribution in [1.82, 2.24) is 0 Å². The zero-order chi connectivity index (χ0) is 20.0. The molecule has 0 aromatic carbocycles. The highest BCUT2D eigenvalue weighted by Gasteiger charge is 2.43. The van der Waals surface area contributed by atoms with Crippen LogP contribution in [0.15, 0.2) is 0 Å². The summed E-state index contributed by atoms with van der Waals surface area (Å²) in [6.45, 7) is 5.14. The van der Waals surface area contributed by atoms with Crippen molar-refractivity contribution < 1.29 is 37.0 Å². The topological polar surface area (TPSA) is 116 Å². The summed E-state index contributed by atoms with van der Waals surface area (Å²) < 4.78 is 54.7. The second-order valence-electron chi connectivity index (χ2n) is 7.12. The van der Waals surface area contributed by atoms with Crippen LogP contribution in [0.2, 0.25) is 0 Å². The molecule has 0 saturated carbocycles. The van der Waals surface area contributed by atoms with Gasteiger partial charge in [-0.1, -0.05) is 20.8 Å². The monoisotopic (exact) mass is 374 g/mol. The molecular weight excluding hydrogens is 348 g/mol. The molecule has 0 aromatic rings. The van der Waals surface area contributed by atoms with Crippen molar-refractivity contribution in [1.29, 1.82) is 0 Å². The number of rotatable bonds is 11. The van der Waals surface area contributed by atoms with E-state index in [1.165, 1.54) is 0 Å². The lowest BCUT2D eigenvalue weighted by atomic mass is 9.78. The molecule has 0 saturated heterocycles. The minimum absolute atomic E-state index is 0.154. The Labute approximate surface area is 143 Å². The second-order valence-corrected chi connectivity index (χ2v) is 7.12. The molecule has 0 heterocycles. The van der Waals surface area contributed by atoms with E-state index in [2.05, 4.69) is 0 Å². The third-order valence-electron chi connectivity index (χ3n) is 3.61. The highest BCUT2D eigenvalue weighted by atomic mass is 19.3. The maximum Gasteiger partial charge on any atom is 0.323 e. The molecule has 10 heteroatoms. The highest BCUT2D eigenvalue weighted by molar-refractivity contribution is 5.75. The molecule has 0 spiro atoms. The molecule has 0 aliphatic carbocycles. The van der Waals surface area contributed by atoms with Gasteiger partial charge in [-0.2, -0.15) is 0 Å². The summed E-state index contributed by atoms with van der Waals surface area (Å²) in [6, 6.07) is -2.89. The average Bonchev–Trinajstić information content (AvgIpc) is 2.42. The van der Waals surface area contributed by atoms with Gasteiger partial charge in [0, 0.05) is 6.42 Å². The van der Waals surface area contributed by atoms with Crippen LogP contribution in [0.3, 0.4) is 0 Å². The van der Waals surface area contributed by atoms with Crippen LogP contribution in [-0.2, 0) is 14.3 Å². The molecule has 3 unspecified atom stereocenters. The number of carboxylic acids is 1. The molecule has 0 rings (SSSR count). The number of hydrogen-bond donors (Lipinski definition) is 3. The minimum Gasteiger partial charge on any atom is -0.480 e. The second kappa shape index (κ2) is 9.33. The zero-order valence-corrected chi connectivity index (χ0v) is 14.5. The number of halogens is 4. The minimum atomic E-state index is -4.36. The van der Waals surface area contributed by atoms with E-state index in [9.17, 15) is 27.2 Å². The first kappa shape index (κ1) is 23.6. The van der Waals surface area contributed by atoms with Crippen molar-refractivity contribution in [3.63, 3.8) is 0 Å². The SMILES string of the molecule is CC(COC(=O)C(N)CC(F)(F)C(F)F)CC(C)(C)CC(N)C(=O)O. The smallest absolute Gasteiger partial charge is 0.323 e. The van der Waals surface area contributed by atoms with Gasteiger partial charge in [0.25, 0.3) is 0 Å². The molecule has 25 heavy (non-hydrogen) atoms. The van der Waals surface area contributed by atoms with Gasteiger partial charge in [-0.15, -0.1) is 0 Å². The fourth-order valence-corrected chi connectivity index (χ4v) is 2.57. The Morgan fingerprint density at radius 1 is 1.08 bits per heavy atom. The van der Waals surface area contributed by atoms with Gasteiger partial charge >= 0.3 is 24.3 Å². The first-order valence-corrected chi connectivity index (χ1v) is 7.74. The van der Waals surface area contributed by atoms with Crippen molar-refractivity contribution in [2.24, 2.45) is 22.8 Å². The van der Waals surface area contributed by atoms with Crippen LogP contribution in [0.25, 0.3) is 0 Å². The predicted molar refractivity (Wildman–Crippen MR) is 82.3 cm³/mol. The first-order chi connectivity index (χ1) is 11.2. The lowest BCUT2D eigenvalue weighted by Crippen LogP contribution is -2.41. The molecule has 5 N–H and O–H groups in total. The van der Waals surface area contributed by atoms with Gasteiger partial charge in [-0.3, -0.25) is 9.59 Å². The molecule has 0 aromatic heterocycles. The Morgan fingerprint density at radius 2 is 1.60 bits per heavy atom. The van der Waals surface area contributed by atoms with Crippen LogP contribution in [0.1, 0.15) is 40.0 Å². The normalized spacial score (nSPS) is 16.4. The summed E-state index contributed by atoms with van der Waals surface area (Å²) in [7, 11) is 0. The number of carbonyl (C=O) groups is 2. The van der Waals surface area contributed by atoms with Crippen LogP contribution in [0.4, 0.5) is 17.6 Å². The zero-order valence-electron chi connectivity index (χ0n) is 14.5. The van der Waals surface area contributed by atoms with Crippen molar-refractivity contribution >= 4 is 11.9 Å². The number of ether oxygens (including phenoxy) is 1. The Hall–Kier alpha value is -1.42. The number of hydrogen-bond acceptors (Lipinski definition) is 5. The van der Waals surface area contributed by atoms with E-state index < -0.39 is 48.2 Å². The average molecular weight is 374 g/mol. The fourth-order valence-electron chi connectivity index (χ4n) is 2.57. The highest BCUT2D eigenvalue weighted by Crippen LogP contribution is 2.31. The van der Waals surface area contributed by atoms with Crippen molar-refractivity contribution in [2.75, 3.05) is 6.61 Å². The summed E-state index contributed by atoms with van der Waals surface area (Å²) >= 11 is 0. The van der Waals surface area contributed by atoms with E-state index in [0.29, 0.717) is 6.42 Å². The lowest BCUT2D eigenvalue weighted by molar-refractivity contribution is -0.158. The van der Waals surface area contributed by atoms with Crippen LogP contribution >= 0.6 is 0 Å². The van der Waals surface area contributed by atoms with Crippen LogP contribution < -0.4 is 11.5 Å². The molecule has 0 bridgehead atoms.